The summed E-state index contributed by atoms with van der Waals surface area (Å²) in [6.07, 6.45) is 14.0. The Morgan fingerprint density at radius 1 is 0.540 bits per heavy atom. The third-order valence-corrected chi connectivity index (χ3v) is 12.3. The van der Waals surface area contributed by atoms with Crippen molar-refractivity contribution in [2.45, 2.75) is 40.8 Å². The first-order chi connectivity index (χ1) is 42.0. The number of nitrogens with one attached hydrogen (secondary N) is 6. The average molecular weight is 1160 g/mol. The Balaban J connectivity index is 0.000000187. The summed E-state index contributed by atoms with van der Waals surface area (Å²) in [5.41, 5.74) is 10.2. The number of carbonyl (C=O) groups excluding carboxylic acids is 3. The molecule has 9 rings (SSSR count). The van der Waals surface area contributed by atoms with Crippen LogP contribution >= 0.6 is 0 Å². The Labute approximate surface area is 506 Å². The average Bonchev–Trinajstić information content (AvgIpc) is 3.36. The third kappa shape index (κ3) is 20.1. The lowest BCUT2D eigenvalue weighted by Gasteiger charge is -2.16. The maximum Gasteiger partial charge on any atom is 0.245 e. The van der Waals surface area contributed by atoms with Crippen LogP contribution in [0.4, 0.5) is 73.8 Å². The zero-order chi connectivity index (χ0) is 62.1. The molecule has 87 heavy (non-hydrogen) atoms. The maximum atomic E-state index is 14.3. The molecular formula is C68H67FN14O4. The number of halogens is 1. The molecule has 0 aliphatic carbocycles. The molecule has 0 aliphatic heterocycles. The number of likely N-dealkylation sites (N-methyl/N-ethyl adjacent to an activating group) is 2. The van der Waals surface area contributed by atoms with Crippen molar-refractivity contribution in [3.05, 3.63) is 247 Å². The quantitative estimate of drug-likeness (QED) is 0.0211. The van der Waals surface area contributed by atoms with Crippen LogP contribution in [-0.2, 0) is 22.7 Å². The number of hydrogen-bond acceptors (Lipinski definition) is 16. The van der Waals surface area contributed by atoms with Crippen LogP contribution in [0.2, 0.25) is 0 Å². The van der Waals surface area contributed by atoms with Crippen molar-refractivity contribution >= 4 is 87.0 Å². The van der Waals surface area contributed by atoms with Crippen molar-refractivity contribution in [1.29, 1.82) is 0 Å². The zero-order valence-electron chi connectivity index (χ0n) is 49.2. The molecule has 19 heteroatoms. The fraction of sp³-hybridized carbons (Fsp3) is 0.132. The van der Waals surface area contributed by atoms with Crippen LogP contribution in [0.3, 0.4) is 0 Å². The number of para-hydroxylation sites is 2. The van der Waals surface area contributed by atoms with Crippen LogP contribution in [0.1, 0.15) is 46.5 Å². The van der Waals surface area contributed by atoms with Gasteiger partial charge in [-0.05, 0) is 130 Å². The summed E-state index contributed by atoms with van der Waals surface area (Å²) in [5.74, 6) is 4.70. The van der Waals surface area contributed by atoms with Crippen molar-refractivity contribution in [3.63, 3.8) is 0 Å². The number of nitrogens with zero attached hydrogens (tertiary/aromatic N) is 8. The number of ketones is 1. The van der Waals surface area contributed by atoms with Crippen molar-refractivity contribution < 1.29 is 23.5 Å². The van der Waals surface area contributed by atoms with Gasteiger partial charge in [-0.2, -0.15) is 15.0 Å². The highest BCUT2D eigenvalue weighted by Gasteiger charge is 2.13. The minimum absolute atomic E-state index is 0.0240. The van der Waals surface area contributed by atoms with E-state index < -0.39 is 5.82 Å². The molecule has 6 N–H and O–H groups in total. The molecule has 0 unspecified atom stereocenters. The second-order valence-corrected chi connectivity index (χ2v) is 19.7. The van der Waals surface area contributed by atoms with Crippen LogP contribution < -0.4 is 36.6 Å². The lowest BCUT2D eigenvalue weighted by Crippen LogP contribution is -2.23. The number of carbonyl (C=O) groups is 3. The van der Waals surface area contributed by atoms with Gasteiger partial charge < -0.3 is 46.4 Å². The summed E-state index contributed by atoms with van der Waals surface area (Å²) in [5, 5.41) is 19.0. The fourth-order valence-electron chi connectivity index (χ4n) is 7.95. The number of anilines is 12. The predicted molar refractivity (Wildman–Crippen MR) is 345 cm³/mol. The second kappa shape index (κ2) is 31.8. The van der Waals surface area contributed by atoms with E-state index >= 15 is 0 Å². The van der Waals surface area contributed by atoms with Crippen LogP contribution in [0.5, 0.6) is 5.75 Å². The van der Waals surface area contributed by atoms with Crippen LogP contribution in [0.25, 0.3) is 0 Å². The van der Waals surface area contributed by atoms with Gasteiger partial charge in [0, 0.05) is 96.5 Å². The second-order valence-electron chi connectivity index (χ2n) is 19.7. The molecule has 18 nitrogen and oxygen atoms in total. The minimum Gasteiger partial charge on any atom is -0.481 e. The lowest BCUT2D eigenvalue weighted by molar-refractivity contribution is -0.126. The van der Waals surface area contributed by atoms with Gasteiger partial charge in [0.25, 0.3) is 0 Å². The van der Waals surface area contributed by atoms with Crippen molar-refractivity contribution in [2.75, 3.05) is 52.6 Å². The van der Waals surface area contributed by atoms with E-state index in [2.05, 4.69) is 80.9 Å². The molecular weight excluding hydrogens is 1100 g/mol. The van der Waals surface area contributed by atoms with Gasteiger partial charge in [-0.1, -0.05) is 104 Å². The molecule has 3 aromatic heterocycles. The summed E-state index contributed by atoms with van der Waals surface area (Å²) < 4.78 is 19.7. The Kier molecular flexibility index (Phi) is 23.0. The standard InChI is InChI=1S/C24H21FN4O2.2C22H23N5O/c1-4-11-31-20-10-6-9-19(14-20)28-24-26-15-21(25)23(29-24)27-18-8-5-7-17(13-18)22(30)12-16(2)3;1-4-20(28)27(3)15-17-9-8-12-19(13-17)24-21-16(2)14-23-22(26-21)25-18-10-6-5-7-11-18;1-4-20(28)27(3)15-17-10-12-19(13-11-17)24-21-16(2)14-23-22(26-21)25-18-8-6-5-7-9-18/h1,5-10,12-15H,11H2,2-3H3,(H2,26,27,28,29);2*4-14H,1,15H2,2-3H3,(H2,23,24,25,26). The SMILES string of the molecule is C#CCOc1cccc(Nc2ncc(F)c(Nc3cccc(C(=O)C=C(C)C)c3)n2)c1.C=CC(=O)N(C)Cc1ccc(Nc2nc(Nc3ccccc3)ncc2C)cc1.C=CC(=O)N(C)Cc1cccc(Nc2nc(Nc3ccccc3)ncc2C)c1. The number of terminal acetylenes is 1. The van der Waals surface area contributed by atoms with Gasteiger partial charge >= 0.3 is 0 Å². The summed E-state index contributed by atoms with van der Waals surface area (Å²) in [6, 6.07) is 49.2. The largest absolute Gasteiger partial charge is 0.481 e. The topological polar surface area (TPSA) is 216 Å². The number of ether oxygens (including phenoxy) is 1. The Bertz CT molecular complexity index is 3890. The first-order valence-electron chi connectivity index (χ1n) is 27.3. The lowest BCUT2D eigenvalue weighted by atomic mass is 10.1. The van der Waals surface area contributed by atoms with E-state index in [0.29, 0.717) is 47.7 Å². The first kappa shape index (κ1) is 63.1. The Morgan fingerprint density at radius 3 is 1.54 bits per heavy atom. The zero-order valence-corrected chi connectivity index (χ0v) is 49.2. The monoisotopic (exact) mass is 1160 g/mol. The van der Waals surface area contributed by atoms with E-state index in [9.17, 15) is 18.8 Å². The molecule has 0 radical (unpaired) electrons. The molecule has 0 spiro atoms. The summed E-state index contributed by atoms with van der Waals surface area (Å²) in [4.78, 5) is 64.8. The highest BCUT2D eigenvalue weighted by Crippen LogP contribution is 2.26. The van der Waals surface area contributed by atoms with E-state index in [1.807, 2.05) is 137 Å². The molecule has 3 heterocycles. The highest BCUT2D eigenvalue weighted by atomic mass is 19.1. The normalized spacial score (nSPS) is 10.1. The van der Waals surface area contributed by atoms with Crippen molar-refractivity contribution in [2.24, 2.45) is 0 Å². The number of benzene rings is 6. The number of allylic oxidation sites excluding steroid dienone is 2. The van der Waals surface area contributed by atoms with Crippen molar-refractivity contribution in [1.82, 2.24) is 39.7 Å². The molecule has 6 aromatic carbocycles. The third-order valence-electron chi connectivity index (χ3n) is 12.3. The van der Waals surface area contributed by atoms with E-state index in [4.69, 9.17) is 11.2 Å². The van der Waals surface area contributed by atoms with Crippen LogP contribution in [0, 0.1) is 32.0 Å². The molecule has 0 atom stereocenters. The Morgan fingerprint density at radius 2 is 0.989 bits per heavy atom. The van der Waals surface area contributed by atoms with Gasteiger partial charge in [-0.25, -0.2) is 19.3 Å². The molecule has 2 amide bonds. The van der Waals surface area contributed by atoms with Gasteiger partial charge in [0.1, 0.15) is 24.0 Å². The van der Waals surface area contributed by atoms with E-state index in [1.54, 1.807) is 90.9 Å². The predicted octanol–water partition coefficient (Wildman–Crippen LogP) is 14.1. The van der Waals surface area contributed by atoms with Gasteiger partial charge in [0.05, 0.1) is 6.20 Å². The van der Waals surface area contributed by atoms with Crippen LogP contribution in [-0.4, -0.2) is 78.0 Å². The molecule has 9 aromatic rings. The number of aromatic nitrogens is 6. The first-order valence-corrected chi connectivity index (χ1v) is 27.3. The van der Waals surface area contributed by atoms with Gasteiger partial charge in [0.2, 0.25) is 29.7 Å². The van der Waals surface area contributed by atoms with E-state index in [0.717, 1.165) is 68.4 Å². The number of aryl methyl sites for hydroxylation is 2. The number of amides is 2. The van der Waals surface area contributed by atoms with Gasteiger partial charge in [-0.15, -0.1) is 6.42 Å². The maximum absolute atomic E-state index is 14.3. The summed E-state index contributed by atoms with van der Waals surface area (Å²) >= 11 is 0. The van der Waals surface area contributed by atoms with E-state index in [1.165, 1.54) is 12.2 Å². The van der Waals surface area contributed by atoms with Gasteiger partial charge in [0.15, 0.2) is 17.4 Å². The molecule has 0 bridgehead atoms. The highest BCUT2D eigenvalue weighted by molar-refractivity contribution is 6.05. The summed E-state index contributed by atoms with van der Waals surface area (Å²) in [6.45, 7) is 15.8. The summed E-state index contributed by atoms with van der Waals surface area (Å²) in [7, 11) is 3.50. The molecule has 0 fully saturated rings. The smallest absolute Gasteiger partial charge is 0.245 e. The molecule has 0 saturated carbocycles. The molecule has 440 valence electrons. The molecule has 0 saturated heterocycles. The van der Waals surface area contributed by atoms with E-state index in [-0.39, 0.29) is 36.0 Å². The van der Waals surface area contributed by atoms with Crippen LogP contribution in [0.15, 0.2) is 213 Å². The Hall–Kier alpha value is -11.5. The number of rotatable bonds is 22. The van der Waals surface area contributed by atoms with Gasteiger partial charge in [-0.3, -0.25) is 14.4 Å². The minimum atomic E-state index is -0.627. The molecule has 0 aliphatic rings. The van der Waals surface area contributed by atoms with Crippen molar-refractivity contribution in [3.8, 4) is 18.1 Å². The fourth-order valence-corrected chi connectivity index (χ4v) is 7.95. The number of hydrogen-bond donors (Lipinski definition) is 6.